The highest BCUT2D eigenvalue weighted by molar-refractivity contribution is 5.85. The van der Waals surface area contributed by atoms with Gasteiger partial charge in [0.1, 0.15) is 0 Å². The number of hydrogen-bond donors (Lipinski definition) is 2. The van der Waals surface area contributed by atoms with Crippen LogP contribution in [-0.2, 0) is 16.1 Å². The molecule has 1 heterocycles. The van der Waals surface area contributed by atoms with Gasteiger partial charge in [0.05, 0.1) is 18.8 Å². The van der Waals surface area contributed by atoms with Gasteiger partial charge in [-0.1, -0.05) is 37.3 Å². The largest absolute Gasteiger partial charge is 0.373 e. The van der Waals surface area contributed by atoms with Crippen LogP contribution in [0.4, 0.5) is 0 Å². The molecule has 0 bridgehead atoms. The molecule has 2 rings (SSSR count). The Morgan fingerprint density at radius 1 is 1.35 bits per heavy atom. The molecule has 0 aromatic heterocycles. The molecule has 0 spiro atoms. The molecule has 0 saturated carbocycles. The van der Waals surface area contributed by atoms with Crippen LogP contribution in [0.2, 0.25) is 0 Å². The Balaban J connectivity index is 0.00000312. The van der Waals surface area contributed by atoms with E-state index in [1.54, 1.807) is 0 Å². The fraction of sp³-hybridized carbons (Fsp3) is 0.632. The van der Waals surface area contributed by atoms with Gasteiger partial charge in [-0.3, -0.25) is 9.69 Å². The van der Waals surface area contributed by atoms with E-state index < -0.39 is 0 Å². The lowest BCUT2D eigenvalue weighted by Crippen LogP contribution is -2.53. The maximum Gasteiger partial charge on any atom is 0.220 e. The Morgan fingerprint density at radius 2 is 2.04 bits per heavy atom. The van der Waals surface area contributed by atoms with Crippen LogP contribution in [0.5, 0.6) is 0 Å². The fourth-order valence-electron chi connectivity index (χ4n) is 3.06. The maximum atomic E-state index is 12.1. The van der Waals surface area contributed by atoms with Crippen LogP contribution >= 0.6 is 24.8 Å². The number of nitrogens with one attached hydrogen (secondary N) is 1. The van der Waals surface area contributed by atoms with Crippen LogP contribution in [0.25, 0.3) is 0 Å². The summed E-state index contributed by atoms with van der Waals surface area (Å²) in [6.07, 6.45) is 2.11. The second-order valence-electron chi connectivity index (χ2n) is 6.73. The zero-order chi connectivity index (χ0) is 17.4. The molecule has 1 aromatic rings. The number of benzene rings is 1. The van der Waals surface area contributed by atoms with Gasteiger partial charge in [-0.2, -0.15) is 0 Å². The van der Waals surface area contributed by atoms with Crippen molar-refractivity contribution in [3.8, 4) is 0 Å². The van der Waals surface area contributed by atoms with Crippen molar-refractivity contribution in [3.63, 3.8) is 0 Å². The van der Waals surface area contributed by atoms with E-state index in [2.05, 4.69) is 41.4 Å². The topological polar surface area (TPSA) is 67.6 Å². The minimum atomic E-state index is 0. The lowest BCUT2D eigenvalue weighted by Gasteiger charge is -2.37. The Hall–Kier alpha value is -0.850. The normalized spacial score (nSPS) is 19.6. The van der Waals surface area contributed by atoms with E-state index in [0.29, 0.717) is 19.4 Å². The summed E-state index contributed by atoms with van der Waals surface area (Å²) in [5.74, 6) is 0.0722. The number of rotatable bonds is 8. The third kappa shape index (κ3) is 8.69. The van der Waals surface area contributed by atoms with Crippen molar-refractivity contribution in [2.75, 3.05) is 19.7 Å². The number of morpholine rings is 1. The highest BCUT2D eigenvalue weighted by Gasteiger charge is 2.28. The van der Waals surface area contributed by atoms with Gasteiger partial charge < -0.3 is 15.8 Å². The van der Waals surface area contributed by atoms with E-state index in [9.17, 15) is 4.79 Å². The van der Waals surface area contributed by atoms with Gasteiger partial charge in [0.2, 0.25) is 5.91 Å². The van der Waals surface area contributed by atoms with Gasteiger partial charge in [-0.25, -0.2) is 0 Å². The summed E-state index contributed by atoms with van der Waals surface area (Å²) in [4.78, 5) is 14.5. The number of carbonyl (C=O) groups is 1. The second-order valence-corrected chi connectivity index (χ2v) is 6.73. The van der Waals surface area contributed by atoms with Crippen molar-refractivity contribution < 1.29 is 9.53 Å². The number of nitrogens with zero attached hydrogens (tertiary/aromatic N) is 1. The number of ether oxygens (including phenoxy) is 1. The molecule has 0 aliphatic carbocycles. The number of amides is 1. The molecular formula is C19H33Cl2N3O2. The van der Waals surface area contributed by atoms with Gasteiger partial charge in [-0.15, -0.1) is 24.8 Å². The standard InChI is InChI=1S/C19H31N3O2.2ClH/c1-3-17(21-19(23)10-9-15(2)20)18-14-22(11-12-24-18)13-16-7-5-4-6-8-16;;/h4-8,15,17-18H,3,9-14,20H2,1-2H3,(H,21,23);2*1H. The molecule has 150 valence electrons. The summed E-state index contributed by atoms with van der Waals surface area (Å²) >= 11 is 0. The first-order valence-electron chi connectivity index (χ1n) is 9.01. The van der Waals surface area contributed by atoms with E-state index >= 15 is 0 Å². The minimum absolute atomic E-state index is 0. The van der Waals surface area contributed by atoms with Crippen LogP contribution in [-0.4, -0.2) is 48.7 Å². The van der Waals surface area contributed by atoms with Crippen LogP contribution < -0.4 is 11.1 Å². The van der Waals surface area contributed by atoms with Gasteiger partial charge in [0, 0.05) is 32.1 Å². The highest BCUT2D eigenvalue weighted by atomic mass is 35.5. The number of halogens is 2. The molecule has 1 aromatic carbocycles. The van der Waals surface area contributed by atoms with Crippen LogP contribution in [0.3, 0.4) is 0 Å². The summed E-state index contributed by atoms with van der Waals surface area (Å²) in [6, 6.07) is 10.6. The molecule has 1 amide bonds. The monoisotopic (exact) mass is 405 g/mol. The van der Waals surface area contributed by atoms with Crippen LogP contribution in [0.1, 0.15) is 38.7 Å². The molecular weight excluding hydrogens is 373 g/mol. The van der Waals surface area contributed by atoms with Gasteiger partial charge >= 0.3 is 0 Å². The first-order chi connectivity index (χ1) is 11.6. The van der Waals surface area contributed by atoms with Crippen molar-refractivity contribution in [2.45, 2.75) is 57.8 Å². The number of carbonyl (C=O) groups excluding carboxylic acids is 1. The van der Waals surface area contributed by atoms with E-state index in [4.69, 9.17) is 10.5 Å². The highest BCUT2D eigenvalue weighted by Crippen LogP contribution is 2.15. The van der Waals surface area contributed by atoms with Crippen molar-refractivity contribution >= 4 is 30.7 Å². The van der Waals surface area contributed by atoms with E-state index in [0.717, 1.165) is 26.1 Å². The quantitative estimate of drug-likeness (QED) is 0.697. The Labute approximate surface area is 169 Å². The second kappa shape index (κ2) is 13.3. The summed E-state index contributed by atoms with van der Waals surface area (Å²) in [6.45, 7) is 7.44. The molecule has 0 radical (unpaired) electrons. The van der Waals surface area contributed by atoms with Crippen LogP contribution in [0, 0.1) is 0 Å². The smallest absolute Gasteiger partial charge is 0.220 e. The Morgan fingerprint density at radius 3 is 2.65 bits per heavy atom. The molecule has 7 heteroatoms. The average molecular weight is 406 g/mol. The fourth-order valence-corrected chi connectivity index (χ4v) is 3.06. The van der Waals surface area contributed by atoms with Crippen molar-refractivity contribution in [1.82, 2.24) is 10.2 Å². The van der Waals surface area contributed by atoms with Gasteiger partial charge in [0.25, 0.3) is 0 Å². The Kier molecular flexibility index (Phi) is 12.9. The maximum absolute atomic E-state index is 12.1. The predicted molar refractivity (Wildman–Crippen MR) is 111 cm³/mol. The van der Waals surface area contributed by atoms with E-state index in [-0.39, 0.29) is 48.9 Å². The molecule has 1 saturated heterocycles. The molecule has 1 fully saturated rings. The summed E-state index contributed by atoms with van der Waals surface area (Å²) in [5, 5.41) is 3.13. The Bertz CT molecular complexity index is 503. The van der Waals surface area contributed by atoms with Gasteiger partial charge in [-0.05, 0) is 25.3 Å². The van der Waals surface area contributed by atoms with E-state index in [1.165, 1.54) is 5.56 Å². The first-order valence-corrected chi connectivity index (χ1v) is 9.01. The molecule has 5 nitrogen and oxygen atoms in total. The molecule has 1 aliphatic heterocycles. The molecule has 3 atom stereocenters. The predicted octanol–water partition coefficient (Wildman–Crippen LogP) is 2.75. The summed E-state index contributed by atoms with van der Waals surface area (Å²) in [5.41, 5.74) is 7.04. The van der Waals surface area contributed by atoms with Gasteiger partial charge in [0.15, 0.2) is 0 Å². The summed E-state index contributed by atoms with van der Waals surface area (Å²) in [7, 11) is 0. The number of nitrogens with two attached hydrogens (primary N) is 1. The third-order valence-corrected chi connectivity index (χ3v) is 4.49. The van der Waals surface area contributed by atoms with Crippen molar-refractivity contribution in [1.29, 1.82) is 0 Å². The summed E-state index contributed by atoms with van der Waals surface area (Å²) < 4.78 is 5.94. The molecule has 3 unspecified atom stereocenters. The van der Waals surface area contributed by atoms with Crippen LogP contribution in [0.15, 0.2) is 30.3 Å². The molecule has 1 aliphatic rings. The zero-order valence-electron chi connectivity index (χ0n) is 15.7. The lowest BCUT2D eigenvalue weighted by molar-refractivity contribution is -0.124. The molecule has 26 heavy (non-hydrogen) atoms. The molecule has 3 N–H and O–H groups in total. The SMILES string of the molecule is CCC(NC(=O)CCC(C)N)C1CN(Cc2ccccc2)CCO1.Cl.Cl. The zero-order valence-corrected chi connectivity index (χ0v) is 17.4. The third-order valence-electron chi connectivity index (χ3n) is 4.49. The lowest BCUT2D eigenvalue weighted by atomic mass is 10.0. The number of hydrogen-bond acceptors (Lipinski definition) is 4. The van der Waals surface area contributed by atoms with Crippen molar-refractivity contribution in [3.05, 3.63) is 35.9 Å². The van der Waals surface area contributed by atoms with E-state index in [1.807, 2.05) is 13.0 Å². The minimum Gasteiger partial charge on any atom is -0.373 e. The first kappa shape index (κ1) is 25.1. The average Bonchev–Trinajstić information content (AvgIpc) is 2.59. The van der Waals surface area contributed by atoms with Crippen molar-refractivity contribution in [2.24, 2.45) is 5.73 Å².